The van der Waals surface area contributed by atoms with Crippen LogP contribution in [0.4, 0.5) is 0 Å². The number of carbonyl (C=O) groups excluding carboxylic acids is 4. The van der Waals surface area contributed by atoms with Gasteiger partial charge in [-0.25, -0.2) is 9.97 Å². The van der Waals surface area contributed by atoms with Crippen molar-refractivity contribution in [2.45, 2.75) is 76.6 Å². The predicted octanol–water partition coefficient (Wildman–Crippen LogP) is 1.27. The fourth-order valence-electron chi connectivity index (χ4n) is 3.13. The second kappa shape index (κ2) is 11.2. The van der Waals surface area contributed by atoms with Crippen LogP contribution in [0.3, 0.4) is 0 Å². The zero-order valence-electron chi connectivity index (χ0n) is 18.6. The van der Waals surface area contributed by atoms with Crippen molar-refractivity contribution in [1.82, 2.24) is 9.97 Å². The van der Waals surface area contributed by atoms with Crippen LogP contribution in [0.5, 0.6) is 0 Å². The number of carbonyl (C=O) groups is 4. The molecule has 1 fully saturated rings. The van der Waals surface area contributed by atoms with Crippen molar-refractivity contribution < 1.29 is 42.9 Å². The lowest BCUT2D eigenvalue weighted by Gasteiger charge is -2.43. The van der Waals surface area contributed by atoms with E-state index >= 15 is 0 Å². The van der Waals surface area contributed by atoms with Crippen molar-refractivity contribution >= 4 is 35.6 Å². The summed E-state index contributed by atoms with van der Waals surface area (Å²) in [6, 6.07) is 1.79. The van der Waals surface area contributed by atoms with Crippen molar-refractivity contribution in [3.8, 4) is 0 Å². The molecule has 0 N–H and O–H groups in total. The van der Waals surface area contributed by atoms with Gasteiger partial charge in [0.15, 0.2) is 28.9 Å². The normalized spacial score (nSPS) is 24.9. The van der Waals surface area contributed by atoms with Gasteiger partial charge in [0.1, 0.15) is 12.7 Å². The molecule has 32 heavy (non-hydrogen) atoms. The maximum Gasteiger partial charge on any atom is 0.303 e. The molecule has 0 saturated carbocycles. The number of ether oxygens (including phenoxy) is 5. The van der Waals surface area contributed by atoms with Gasteiger partial charge in [-0.05, 0) is 19.9 Å². The highest BCUT2D eigenvalue weighted by molar-refractivity contribution is 7.99. The van der Waals surface area contributed by atoms with Crippen LogP contribution in [-0.2, 0) is 42.9 Å². The average Bonchev–Trinajstić information content (AvgIpc) is 2.63. The molecular formula is C20H26N2O9S. The molecule has 0 amide bonds. The summed E-state index contributed by atoms with van der Waals surface area (Å²) in [5, 5.41) is 0.336. The Hall–Kier alpha value is -2.73. The van der Waals surface area contributed by atoms with E-state index in [-0.39, 0.29) is 6.61 Å². The number of aryl methyl sites for hydroxylation is 2. The fraction of sp³-hybridized carbons (Fsp3) is 0.600. The number of nitrogens with zero attached hydrogens (tertiary/aromatic N) is 2. The molecule has 0 spiro atoms. The highest BCUT2D eigenvalue weighted by Crippen LogP contribution is 2.36. The van der Waals surface area contributed by atoms with Crippen molar-refractivity contribution in [1.29, 1.82) is 0 Å². The van der Waals surface area contributed by atoms with Crippen LogP contribution < -0.4 is 0 Å². The van der Waals surface area contributed by atoms with E-state index in [0.717, 1.165) is 11.8 Å². The molecular weight excluding hydrogens is 444 g/mol. The third-order valence-corrected chi connectivity index (χ3v) is 5.14. The molecule has 5 atom stereocenters. The number of rotatable bonds is 7. The largest absolute Gasteiger partial charge is 0.463 e. The van der Waals surface area contributed by atoms with Gasteiger partial charge in [-0.1, -0.05) is 11.8 Å². The number of hydrogen-bond donors (Lipinski definition) is 0. The van der Waals surface area contributed by atoms with E-state index in [1.54, 1.807) is 19.9 Å². The minimum absolute atomic E-state index is 0.289. The molecule has 1 aliphatic heterocycles. The molecule has 1 aliphatic rings. The van der Waals surface area contributed by atoms with Gasteiger partial charge in [-0.2, -0.15) is 0 Å². The summed E-state index contributed by atoms with van der Waals surface area (Å²) in [5.74, 6) is -2.62. The minimum Gasteiger partial charge on any atom is -0.463 e. The Kier molecular flexibility index (Phi) is 8.96. The van der Waals surface area contributed by atoms with Gasteiger partial charge < -0.3 is 23.7 Å². The van der Waals surface area contributed by atoms with Gasteiger partial charge in [-0.15, -0.1) is 0 Å². The summed E-state index contributed by atoms with van der Waals surface area (Å²) in [5.41, 5.74) is 0.466. The van der Waals surface area contributed by atoms with Crippen LogP contribution >= 0.6 is 11.8 Å². The summed E-state index contributed by atoms with van der Waals surface area (Å²) in [7, 11) is 0. The molecule has 0 bridgehead atoms. The Labute approximate surface area is 189 Å². The molecule has 1 aromatic heterocycles. The summed E-state index contributed by atoms with van der Waals surface area (Å²) in [4.78, 5) is 55.5. The van der Waals surface area contributed by atoms with Crippen molar-refractivity contribution in [2.75, 3.05) is 6.61 Å². The Morgan fingerprint density at radius 1 is 0.844 bits per heavy atom. The van der Waals surface area contributed by atoms with Gasteiger partial charge in [0.2, 0.25) is 0 Å². The lowest BCUT2D eigenvalue weighted by atomic mass is 9.99. The van der Waals surface area contributed by atoms with E-state index in [9.17, 15) is 19.2 Å². The maximum atomic E-state index is 11.8. The molecule has 11 nitrogen and oxygen atoms in total. The first-order valence-electron chi connectivity index (χ1n) is 9.75. The average molecular weight is 471 g/mol. The van der Waals surface area contributed by atoms with Crippen molar-refractivity contribution in [2.24, 2.45) is 0 Å². The zero-order chi connectivity index (χ0) is 24.0. The van der Waals surface area contributed by atoms with Crippen LogP contribution in [0.2, 0.25) is 0 Å². The molecule has 176 valence electrons. The van der Waals surface area contributed by atoms with E-state index in [4.69, 9.17) is 23.7 Å². The number of esters is 4. The predicted molar refractivity (Wildman–Crippen MR) is 109 cm³/mol. The Balaban J connectivity index is 2.47. The second-order valence-corrected chi connectivity index (χ2v) is 8.18. The summed E-state index contributed by atoms with van der Waals surface area (Å²) in [6.07, 6.45) is -4.60. The molecule has 0 unspecified atom stereocenters. The van der Waals surface area contributed by atoms with Gasteiger partial charge in [-0.3, -0.25) is 19.2 Å². The van der Waals surface area contributed by atoms with E-state index < -0.39 is 53.7 Å². The Bertz CT molecular complexity index is 858. The van der Waals surface area contributed by atoms with Gasteiger partial charge in [0.25, 0.3) is 0 Å². The molecule has 1 saturated heterocycles. The van der Waals surface area contributed by atoms with Crippen molar-refractivity contribution in [3.63, 3.8) is 0 Å². The Morgan fingerprint density at radius 3 is 1.84 bits per heavy atom. The fourth-order valence-corrected chi connectivity index (χ4v) is 4.28. The van der Waals surface area contributed by atoms with Crippen LogP contribution in [0.1, 0.15) is 39.1 Å². The number of hydrogen-bond acceptors (Lipinski definition) is 12. The SMILES string of the molecule is CC(=O)OC[C@@H]1O[C@H](Sc2nc(C)cc(C)n2)[C@H](OC(C)=O)[C@@H](OC(C)=O)[C@H]1OC(C)=O. The lowest BCUT2D eigenvalue weighted by Crippen LogP contribution is -2.61. The topological polar surface area (TPSA) is 140 Å². The van der Waals surface area contributed by atoms with Crippen molar-refractivity contribution in [3.05, 3.63) is 17.5 Å². The second-order valence-electron chi connectivity index (χ2n) is 7.12. The summed E-state index contributed by atoms with van der Waals surface area (Å²) >= 11 is 1.04. The van der Waals surface area contributed by atoms with Gasteiger partial charge >= 0.3 is 23.9 Å². The lowest BCUT2D eigenvalue weighted by molar-refractivity contribution is -0.237. The smallest absolute Gasteiger partial charge is 0.303 e. The van der Waals surface area contributed by atoms with E-state index in [1.165, 1.54) is 27.7 Å². The van der Waals surface area contributed by atoms with Gasteiger partial charge in [0, 0.05) is 39.1 Å². The maximum absolute atomic E-state index is 11.8. The van der Waals surface area contributed by atoms with E-state index in [1.807, 2.05) is 0 Å². The molecule has 12 heteroatoms. The summed E-state index contributed by atoms with van der Waals surface area (Å²) in [6.45, 7) is 8.04. The highest BCUT2D eigenvalue weighted by Gasteiger charge is 2.52. The van der Waals surface area contributed by atoms with Crippen LogP contribution in [0.15, 0.2) is 11.2 Å². The van der Waals surface area contributed by atoms with Crippen LogP contribution in [0, 0.1) is 13.8 Å². The molecule has 0 aromatic carbocycles. The first-order chi connectivity index (χ1) is 15.0. The Morgan fingerprint density at radius 2 is 1.34 bits per heavy atom. The van der Waals surface area contributed by atoms with E-state index in [2.05, 4.69) is 9.97 Å². The number of aromatic nitrogens is 2. The van der Waals surface area contributed by atoms with E-state index in [0.29, 0.717) is 16.5 Å². The molecule has 2 rings (SSSR count). The third kappa shape index (κ3) is 7.45. The third-order valence-electron chi connectivity index (χ3n) is 4.13. The minimum atomic E-state index is -1.22. The summed E-state index contributed by atoms with van der Waals surface area (Å²) < 4.78 is 27.2. The highest BCUT2D eigenvalue weighted by atomic mass is 32.2. The van der Waals surface area contributed by atoms with Crippen LogP contribution in [-0.4, -0.2) is 70.3 Å². The molecule has 2 heterocycles. The first-order valence-corrected chi connectivity index (χ1v) is 10.6. The quantitative estimate of drug-likeness (QED) is 0.322. The van der Waals surface area contributed by atoms with Crippen LogP contribution in [0.25, 0.3) is 0 Å². The number of thioether (sulfide) groups is 1. The standard InChI is InChI=1S/C20H26N2O9S/c1-9-7-10(2)22-20(21-9)32-19-18(30-14(6)26)17(29-13(5)25)16(28-12(4)24)15(31-19)8-27-11(3)23/h7,15-19H,8H2,1-6H3/t15-,16-,17-,18+,19+/m0/s1. The molecule has 0 aliphatic carbocycles. The molecule has 0 radical (unpaired) electrons. The van der Waals surface area contributed by atoms with Gasteiger partial charge in [0.05, 0.1) is 0 Å². The monoisotopic (exact) mass is 470 g/mol. The first kappa shape index (κ1) is 25.5. The zero-order valence-corrected chi connectivity index (χ0v) is 19.5. The molecule has 1 aromatic rings.